The number of anilines is 1. The minimum atomic E-state index is -0.297. The van der Waals surface area contributed by atoms with E-state index in [1.807, 2.05) is 42.5 Å². The van der Waals surface area contributed by atoms with E-state index in [9.17, 15) is 4.79 Å². The maximum absolute atomic E-state index is 12.9. The zero-order valence-corrected chi connectivity index (χ0v) is 14.4. The van der Waals surface area contributed by atoms with Crippen LogP contribution in [0.25, 0.3) is 22.4 Å². The van der Waals surface area contributed by atoms with Crippen LogP contribution >= 0.6 is 0 Å². The van der Waals surface area contributed by atoms with Crippen LogP contribution in [-0.2, 0) is 0 Å². The number of benzene rings is 1. The quantitative estimate of drug-likeness (QED) is 0.583. The molecule has 2 N–H and O–H groups in total. The number of rotatable bonds is 4. The highest BCUT2D eigenvalue weighted by Crippen LogP contribution is 2.40. The van der Waals surface area contributed by atoms with Crippen molar-refractivity contribution in [1.82, 2.24) is 25.1 Å². The molecule has 0 bridgehead atoms. The molecule has 1 amide bonds. The topological polar surface area (TPSA) is 96.5 Å². The molecule has 1 aromatic carbocycles. The highest BCUT2D eigenvalue weighted by atomic mass is 16.2. The van der Waals surface area contributed by atoms with Crippen molar-refractivity contribution in [2.45, 2.75) is 18.8 Å². The molecular formula is C20H16N6O. The maximum atomic E-state index is 12.9. The van der Waals surface area contributed by atoms with Crippen LogP contribution in [0.15, 0.2) is 54.7 Å². The van der Waals surface area contributed by atoms with E-state index >= 15 is 0 Å². The zero-order valence-electron chi connectivity index (χ0n) is 14.4. The maximum Gasteiger partial charge on any atom is 0.277 e. The smallest absolute Gasteiger partial charge is 0.277 e. The van der Waals surface area contributed by atoms with Gasteiger partial charge in [0.25, 0.3) is 5.91 Å². The Labute approximate surface area is 154 Å². The number of carbonyl (C=O) groups excluding carboxylic acids is 1. The van der Waals surface area contributed by atoms with Crippen LogP contribution in [0, 0.1) is 0 Å². The summed E-state index contributed by atoms with van der Waals surface area (Å²) in [4.78, 5) is 26.4. The Morgan fingerprint density at radius 2 is 1.81 bits per heavy atom. The van der Waals surface area contributed by atoms with Crippen LogP contribution < -0.4 is 5.32 Å². The standard InChI is InChI=1S/C20H16N6O/c27-20(24-17-11-16(25-26-17)13-5-3-4-10-21-13)19-18(12-8-9-12)22-14-6-1-2-7-15(14)23-19/h1-7,10-12H,8-9H2,(H2,24,25,26,27). The Morgan fingerprint density at radius 1 is 1.04 bits per heavy atom. The Morgan fingerprint density at radius 3 is 2.56 bits per heavy atom. The molecule has 0 radical (unpaired) electrons. The predicted octanol–water partition coefficient (Wildman–Crippen LogP) is 3.54. The Hall–Kier alpha value is -3.61. The predicted molar refractivity (Wildman–Crippen MR) is 101 cm³/mol. The summed E-state index contributed by atoms with van der Waals surface area (Å²) in [6.07, 6.45) is 3.79. The number of nitrogens with zero attached hydrogens (tertiary/aromatic N) is 4. The van der Waals surface area contributed by atoms with Gasteiger partial charge in [0.1, 0.15) is 0 Å². The molecule has 7 heteroatoms. The summed E-state index contributed by atoms with van der Waals surface area (Å²) in [7, 11) is 0. The van der Waals surface area contributed by atoms with Gasteiger partial charge < -0.3 is 5.32 Å². The lowest BCUT2D eigenvalue weighted by Gasteiger charge is -2.08. The van der Waals surface area contributed by atoms with Crippen molar-refractivity contribution < 1.29 is 4.79 Å². The zero-order chi connectivity index (χ0) is 18.2. The number of aromatic nitrogens is 5. The third kappa shape index (κ3) is 3.03. The van der Waals surface area contributed by atoms with Crippen molar-refractivity contribution in [3.05, 3.63) is 66.1 Å². The molecule has 1 saturated carbocycles. The molecule has 3 aromatic heterocycles. The van der Waals surface area contributed by atoms with Crippen LogP contribution in [0.3, 0.4) is 0 Å². The van der Waals surface area contributed by atoms with Gasteiger partial charge in [0.2, 0.25) is 0 Å². The second kappa shape index (κ2) is 6.28. The molecule has 27 heavy (non-hydrogen) atoms. The number of pyridine rings is 1. The minimum Gasteiger partial charge on any atom is -0.304 e. The van der Waals surface area contributed by atoms with Gasteiger partial charge in [0.05, 0.1) is 28.1 Å². The molecule has 1 fully saturated rings. The fraction of sp³-hybridized carbons (Fsp3) is 0.150. The number of para-hydroxylation sites is 2. The van der Waals surface area contributed by atoms with E-state index < -0.39 is 0 Å². The third-order valence-electron chi connectivity index (χ3n) is 4.54. The lowest BCUT2D eigenvalue weighted by atomic mass is 10.2. The number of fused-ring (bicyclic) bond motifs is 1. The second-order valence-electron chi connectivity index (χ2n) is 6.56. The van der Waals surface area contributed by atoms with Crippen molar-refractivity contribution in [2.24, 2.45) is 0 Å². The molecule has 1 aliphatic carbocycles. The molecule has 5 rings (SSSR count). The number of aromatic amines is 1. The number of hydrogen-bond acceptors (Lipinski definition) is 5. The number of carbonyl (C=O) groups is 1. The number of amides is 1. The van der Waals surface area contributed by atoms with Crippen LogP contribution in [0.1, 0.15) is 34.9 Å². The fourth-order valence-corrected chi connectivity index (χ4v) is 3.04. The van der Waals surface area contributed by atoms with Crippen molar-refractivity contribution in [2.75, 3.05) is 5.32 Å². The van der Waals surface area contributed by atoms with E-state index in [0.717, 1.165) is 35.4 Å². The summed E-state index contributed by atoms with van der Waals surface area (Å²) in [5.74, 6) is 0.442. The molecule has 0 unspecified atom stereocenters. The van der Waals surface area contributed by atoms with Gasteiger partial charge in [-0.25, -0.2) is 9.97 Å². The Kier molecular flexibility index (Phi) is 3.64. The van der Waals surface area contributed by atoms with Gasteiger partial charge in [0, 0.05) is 18.2 Å². The van der Waals surface area contributed by atoms with Crippen molar-refractivity contribution in [1.29, 1.82) is 0 Å². The van der Waals surface area contributed by atoms with Gasteiger partial charge in [0.15, 0.2) is 11.5 Å². The molecule has 3 heterocycles. The molecule has 4 aromatic rings. The van der Waals surface area contributed by atoms with Crippen LogP contribution in [0.4, 0.5) is 5.82 Å². The Balaban J connectivity index is 1.46. The van der Waals surface area contributed by atoms with E-state index in [1.54, 1.807) is 12.3 Å². The number of hydrogen-bond donors (Lipinski definition) is 2. The van der Waals surface area contributed by atoms with E-state index in [0.29, 0.717) is 22.9 Å². The molecule has 132 valence electrons. The lowest BCUT2D eigenvalue weighted by molar-refractivity contribution is 0.102. The molecular weight excluding hydrogens is 340 g/mol. The minimum absolute atomic E-state index is 0.297. The molecule has 0 aliphatic heterocycles. The highest BCUT2D eigenvalue weighted by molar-refractivity contribution is 6.04. The average Bonchev–Trinajstić information content (AvgIpc) is 3.46. The summed E-state index contributed by atoms with van der Waals surface area (Å²) in [5, 5.41) is 9.88. The SMILES string of the molecule is O=C(Nc1cc(-c2ccccn2)[nH]n1)c1nc2ccccc2nc1C1CC1. The average molecular weight is 356 g/mol. The van der Waals surface area contributed by atoms with Gasteiger partial charge in [-0.1, -0.05) is 18.2 Å². The summed E-state index contributed by atoms with van der Waals surface area (Å²) in [6, 6.07) is 15.0. The molecule has 7 nitrogen and oxygen atoms in total. The van der Waals surface area contributed by atoms with E-state index in [-0.39, 0.29) is 5.91 Å². The van der Waals surface area contributed by atoms with Crippen LogP contribution in [-0.4, -0.2) is 31.1 Å². The first-order valence-electron chi connectivity index (χ1n) is 8.83. The van der Waals surface area contributed by atoms with Crippen LogP contribution in [0.2, 0.25) is 0 Å². The summed E-state index contributed by atoms with van der Waals surface area (Å²) >= 11 is 0. The highest BCUT2D eigenvalue weighted by Gasteiger charge is 2.31. The molecule has 0 atom stereocenters. The van der Waals surface area contributed by atoms with E-state index in [4.69, 9.17) is 4.98 Å². The molecule has 1 aliphatic rings. The van der Waals surface area contributed by atoms with Crippen molar-refractivity contribution in [3.8, 4) is 11.4 Å². The van der Waals surface area contributed by atoms with Gasteiger partial charge in [-0.05, 0) is 37.1 Å². The van der Waals surface area contributed by atoms with Gasteiger partial charge in [-0.2, -0.15) is 5.10 Å². The number of nitrogens with one attached hydrogen (secondary N) is 2. The monoisotopic (exact) mass is 356 g/mol. The summed E-state index contributed by atoms with van der Waals surface area (Å²) < 4.78 is 0. The normalized spacial score (nSPS) is 13.6. The van der Waals surface area contributed by atoms with Crippen LogP contribution in [0.5, 0.6) is 0 Å². The first kappa shape index (κ1) is 15.6. The van der Waals surface area contributed by atoms with Gasteiger partial charge >= 0.3 is 0 Å². The summed E-state index contributed by atoms with van der Waals surface area (Å²) in [6.45, 7) is 0. The lowest BCUT2D eigenvalue weighted by Crippen LogP contribution is -2.17. The van der Waals surface area contributed by atoms with Crippen molar-refractivity contribution >= 4 is 22.8 Å². The first-order valence-corrected chi connectivity index (χ1v) is 8.83. The second-order valence-corrected chi connectivity index (χ2v) is 6.56. The number of H-pyrrole nitrogens is 1. The molecule has 0 saturated heterocycles. The van der Waals surface area contributed by atoms with Gasteiger partial charge in [-0.15, -0.1) is 0 Å². The first-order chi connectivity index (χ1) is 13.3. The van der Waals surface area contributed by atoms with Crippen molar-refractivity contribution in [3.63, 3.8) is 0 Å². The fourth-order valence-electron chi connectivity index (χ4n) is 3.04. The van der Waals surface area contributed by atoms with E-state index in [1.165, 1.54) is 0 Å². The molecule has 0 spiro atoms. The van der Waals surface area contributed by atoms with Gasteiger partial charge in [-0.3, -0.25) is 14.9 Å². The largest absolute Gasteiger partial charge is 0.304 e. The third-order valence-corrected chi connectivity index (χ3v) is 4.54. The Bertz CT molecular complexity index is 1130. The summed E-state index contributed by atoms with van der Waals surface area (Å²) in [5.41, 5.74) is 4.16. The van der Waals surface area contributed by atoms with E-state index in [2.05, 4.69) is 25.5 Å².